The predicted molar refractivity (Wildman–Crippen MR) is 74.8 cm³/mol. The van der Waals surface area contributed by atoms with Crippen LogP contribution in [-0.2, 0) is 4.79 Å². The van der Waals surface area contributed by atoms with Gasteiger partial charge in [0.1, 0.15) is 0 Å². The Morgan fingerprint density at radius 1 is 1.18 bits per heavy atom. The number of hydrogen-bond donors (Lipinski definition) is 0. The van der Waals surface area contributed by atoms with Crippen molar-refractivity contribution in [3.8, 4) is 0 Å². The number of thioether (sulfide) groups is 1. The Bertz CT molecular complexity index is 250. The summed E-state index contributed by atoms with van der Waals surface area (Å²) in [5.74, 6) is 2.08. The van der Waals surface area contributed by atoms with Crippen LogP contribution >= 0.6 is 23.4 Å². The first-order valence-electron chi connectivity index (χ1n) is 6.81. The molecule has 0 aromatic heterocycles. The molecule has 98 valence electrons. The Morgan fingerprint density at radius 2 is 1.94 bits per heavy atom. The fourth-order valence-electron chi connectivity index (χ4n) is 2.91. The SMILES string of the molecule is O=C(C1CCCS1)N(CCCl)C1CCCCC1. The number of nitrogens with zero attached hydrogens (tertiary/aromatic N) is 1. The number of hydrogen-bond acceptors (Lipinski definition) is 2. The Hall–Kier alpha value is 0.110. The molecule has 0 N–H and O–H groups in total. The molecule has 2 fully saturated rings. The van der Waals surface area contributed by atoms with Gasteiger partial charge in [-0.05, 0) is 31.4 Å². The second kappa shape index (κ2) is 6.89. The predicted octanol–water partition coefficient (Wildman–Crippen LogP) is 3.28. The van der Waals surface area contributed by atoms with E-state index in [1.165, 1.54) is 38.5 Å². The lowest BCUT2D eigenvalue weighted by atomic mass is 9.94. The average Bonchev–Trinajstić information content (AvgIpc) is 2.90. The summed E-state index contributed by atoms with van der Waals surface area (Å²) >= 11 is 7.70. The lowest BCUT2D eigenvalue weighted by Crippen LogP contribution is -2.46. The zero-order chi connectivity index (χ0) is 12.1. The minimum Gasteiger partial charge on any atom is -0.338 e. The fourth-order valence-corrected chi connectivity index (χ4v) is 4.33. The quantitative estimate of drug-likeness (QED) is 0.734. The van der Waals surface area contributed by atoms with Gasteiger partial charge >= 0.3 is 0 Å². The number of carbonyl (C=O) groups excluding carboxylic acids is 1. The minimum absolute atomic E-state index is 0.222. The Balaban J connectivity index is 1.96. The third-order valence-electron chi connectivity index (χ3n) is 3.83. The molecule has 1 heterocycles. The molecule has 2 rings (SSSR count). The van der Waals surface area contributed by atoms with Gasteiger partial charge in [-0.1, -0.05) is 19.3 Å². The molecule has 2 nitrogen and oxygen atoms in total. The van der Waals surface area contributed by atoms with E-state index in [2.05, 4.69) is 4.90 Å². The molecule has 1 saturated heterocycles. The molecule has 0 spiro atoms. The van der Waals surface area contributed by atoms with Crippen LogP contribution in [0.25, 0.3) is 0 Å². The highest BCUT2D eigenvalue weighted by Crippen LogP contribution is 2.30. The first-order chi connectivity index (χ1) is 8.33. The number of alkyl halides is 1. The zero-order valence-corrected chi connectivity index (χ0v) is 11.9. The summed E-state index contributed by atoms with van der Waals surface area (Å²) in [5.41, 5.74) is 0. The van der Waals surface area contributed by atoms with Gasteiger partial charge in [-0.3, -0.25) is 4.79 Å². The monoisotopic (exact) mass is 275 g/mol. The number of halogens is 1. The van der Waals surface area contributed by atoms with Crippen molar-refractivity contribution in [2.24, 2.45) is 0 Å². The zero-order valence-electron chi connectivity index (χ0n) is 10.4. The summed E-state index contributed by atoms with van der Waals surface area (Å²) in [6.45, 7) is 0.738. The minimum atomic E-state index is 0.222. The molecule has 2 aliphatic rings. The lowest BCUT2D eigenvalue weighted by molar-refractivity contribution is -0.133. The van der Waals surface area contributed by atoms with Crippen molar-refractivity contribution in [2.45, 2.75) is 56.2 Å². The Kier molecular flexibility index (Phi) is 5.49. The van der Waals surface area contributed by atoms with Crippen molar-refractivity contribution in [3.63, 3.8) is 0 Å². The first kappa shape index (κ1) is 13.5. The summed E-state index contributed by atoms with van der Waals surface area (Å²) in [6, 6.07) is 0.469. The van der Waals surface area contributed by atoms with Crippen molar-refractivity contribution in [1.29, 1.82) is 0 Å². The van der Waals surface area contributed by atoms with E-state index in [1.54, 1.807) is 0 Å². The molecule has 1 unspecified atom stereocenters. The topological polar surface area (TPSA) is 20.3 Å². The van der Waals surface area contributed by atoms with Gasteiger partial charge in [0.05, 0.1) is 5.25 Å². The van der Waals surface area contributed by atoms with E-state index >= 15 is 0 Å². The van der Waals surface area contributed by atoms with E-state index in [0.717, 1.165) is 18.7 Å². The molecule has 1 atom stereocenters. The van der Waals surface area contributed by atoms with Gasteiger partial charge in [-0.2, -0.15) is 0 Å². The Labute approximate surface area is 113 Å². The van der Waals surface area contributed by atoms with E-state index in [9.17, 15) is 4.79 Å². The van der Waals surface area contributed by atoms with Crippen LogP contribution in [0.2, 0.25) is 0 Å². The van der Waals surface area contributed by atoms with Gasteiger partial charge < -0.3 is 4.90 Å². The second-order valence-corrected chi connectivity index (χ2v) is 6.70. The van der Waals surface area contributed by atoms with Crippen molar-refractivity contribution < 1.29 is 4.79 Å². The summed E-state index contributed by atoms with van der Waals surface area (Å²) < 4.78 is 0. The van der Waals surface area contributed by atoms with Crippen LogP contribution in [0, 0.1) is 0 Å². The molecule has 0 aromatic carbocycles. The third kappa shape index (κ3) is 3.54. The van der Waals surface area contributed by atoms with E-state index in [4.69, 9.17) is 11.6 Å². The summed E-state index contributed by atoms with van der Waals surface area (Å²) in [4.78, 5) is 14.6. The van der Waals surface area contributed by atoms with E-state index in [1.807, 2.05) is 11.8 Å². The van der Waals surface area contributed by atoms with Crippen molar-refractivity contribution in [2.75, 3.05) is 18.2 Å². The maximum Gasteiger partial charge on any atom is 0.235 e. The first-order valence-corrected chi connectivity index (χ1v) is 8.39. The molecule has 17 heavy (non-hydrogen) atoms. The third-order valence-corrected chi connectivity index (χ3v) is 5.36. The van der Waals surface area contributed by atoms with Crippen molar-refractivity contribution >= 4 is 29.3 Å². The summed E-state index contributed by atoms with van der Waals surface area (Å²) in [7, 11) is 0. The molecule has 1 saturated carbocycles. The number of rotatable bonds is 4. The van der Waals surface area contributed by atoms with Gasteiger partial charge in [0.25, 0.3) is 0 Å². The molecule has 0 bridgehead atoms. The lowest BCUT2D eigenvalue weighted by Gasteiger charge is -2.35. The van der Waals surface area contributed by atoms with Gasteiger partial charge in [-0.25, -0.2) is 0 Å². The molecule has 0 radical (unpaired) electrons. The van der Waals surface area contributed by atoms with Crippen LogP contribution in [-0.4, -0.2) is 40.3 Å². The van der Waals surface area contributed by atoms with Crippen LogP contribution < -0.4 is 0 Å². The highest BCUT2D eigenvalue weighted by Gasteiger charge is 2.32. The number of amides is 1. The highest BCUT2D eigenvalue weighted by molar-refractivity contribution is 8.00. The van der Waals surface area contributed by atoms with Crippen LogP contribution in [0.1, 0.15) is 44.9 Å². The summed E-state index contributed by atoms with van der Waals surface area (Å²) in [5, 5.41) is 0.222. The van der Waals surface area contributed by atoms with E-state index < -0.39 is 0 Å². The summed E-state index contributed by atoms with van der Waals surface area (Å²) in [6.07, 6.45) is 8.50. The van der Waals surface area contributed by atoms with Crippen LogP contribution in [0.3, 0.4) is 0 Å². The van der Waals surface area contributed by atoms with Gasteiger partial charge in [0.2, 0.25) is 5.91 Å². The van der Waals surface area contributed by atoms with Crippen LogP contribution in [0.5, 0.6) is 0 Å². The largest absolute Gasteiger partial charge is 0.338 e. The maximum atomic E-state index is 12.5. The van der Waals surface area contributed by atoms with Gasteiger partial charge in [0, 0.05) is 18.5 Å². The van der Waals surface area contributed by atoms with Crippen molar-refractivity contribution in [1.82, 2.24) is 4.90 Å². The fraction of sp³-hybridized carbons (Fsp3) is 0.923. The van der Waals surface area contributed by atoms with Gasteiger partial charge in [0.15, 0.2) is 0 Å². The highest BCUT2D eigenvalue weighted by atomic mass is 35.5. The standard InChI is InChI=1S/C13H22ClNOS/c14-8-9-15(11-5-2-1-3-6-11)13(16)12-7-4-10-17-12/h11-12H,1-10H2. The molecule has 1 amide bonds. The molecular weight excluding hydrogens is 254 g/mol. The molecular formula is C13H22ClNOS. The van der Waals surface area contributed by atoms with Gasteiger partial charge in [-0.15, -0.1) is 23.4 Å². The van der Waals surface area contributed by atoms with E-state index in [-0.39, 0.29) is 5.25 Å². The smallest absolute Gasteiger partial charge is 0.235 e. The maximum absolute atomic E-state index is 12.5. The molecule has 1 aliphatic carbocycles. The van der Waals surface area contributed by atoms with E-state index in [0.29, 0.717) is 17.8 Å². The Morgan fingerprint density at radius 3 is 2.53 bits per heavy atom. The average molecular weight is 276 g/mol. The number of carbonyl (C=O) groups is 1. The van der Waals surface area contributed by atoms with Crippen molar-refractivity contribution in [3.05, 3.63) is 0 Å². The molecule has 1 aliphatic heterocycles. The van der Waals surface area contributed by atoms with Crippen LogP contribution in [0.4, 0.5) is 0 Å². The second-order valence-electron chi connectivity index (χ2n) is 5.01. The molecule has 4 heteroatoms. The molecule has 0 aromatic rings. The normalized spacial score (nSPS) is 26.1. The van der Waals surface area contributed by atoms with Crippen LogP contribution in [0.15, 0.2) is 0 Å².